The van der Waals surface area contributed by atoms with E-state index in [1.54, 1.807) is 0 Å². The maximum absolute atomic E-state index is 12.0. The lowest BCUT2D eigenvalue weighted by Crippen LogP contribution is -2.45. The minimum Gasteiger partial charge on any atom is -0.301 e. The van der Waals surface area contributed by atoms with Crippen LogP contribution in [0.4, 0.5) is 13.2 Å². The summed E-state index contributed by atoms with van der Waals surface area (Å²) in [5.41, 5.74) is 5.04. The van der Waals surface area contributed by atoms with Gasteiger partial charge in [-0.3, -0.25) is 0 Å². The SMILES string of the molecule is NC1(C(F)(F)F)SCCS1. The third kappa shape index (κ3) is 1.38. The molecule has 0 bridgehead atoms. The maximum atomic E-state index is 12.0. The van der Waals surface area contributed by atoms with Crippen LogP contribution in [-0.4, -0.2) is 21.9 Å². The van der Waals surface area contributed by atoms with Crippen LogP contribution in [0.3, 0.4) is 0 Å². The zero-order valence-corrected chi connectivity index (χ0v) is 6.57. The van der Waals surface area contributed by atoms with E-state index in [-0.39, 0.29) is 0 Å². The number of hydrogen-bond donors (Lipinski definition) is 1. The summed E-state index contributed by atoms with van der Waals surface area (Å²) in [6.45, 7) is 0. The predicted molar refractivity (Wildman–Crippen MR) is 37.9 cm³/mol. The molecule has 0 aromatic carbocycles. The number of halogens is 3. The molecule has 0 spiro atoms. The quantitative estimate of drug-likeness (QED) is 0.627. The lowest BCUT2D eigenvalue weighted by Gasteiger charge is -2.24. The normalized spacial score (nSPS) is 25.2. The average Bonchev–Trinajstić information content (AvgIpc) is 2.13. The van der Waals surface area contributed by atoms with Crippen molar-refractivity contribution < 1.29 is 13.2 Å². The van der Waals surface area contributed by atoms with Crippen molar-refractivity contribution in [1.82, 2.24) is 0 Å². The van der Waals surface area contributed by atoms with Crippen LogP contribution in [0.2, 0.25) is 0 Å². The lowest BCUT2D eigenvalue weighted by molar-refractivity contribution is -0.135. The van der Waals surface area contributed by atoms with E-state index in [0.29, 0.717) is 11.5 Å². The summed E-state index contributed by atoms with van der Waals surface area (Å²) in [4.78, 5) is 0. The van der Waals surface area contributed by atoms with Gasteiger partial charge in [0.25, 0.3) is 0 Å². The molecular formula is C4H6F3NS2. The molecular weight excluding hydrogens is 183 g/mol. The molecule has 6 heteroatoms. The molecule has 1 aliphatic heterocycles. The molecule has 1 fully saturated rings. The zero-order chi connectivity index (χ0) is 7.83. The fourth-order valence-corrected chi connectivity index (χ4v) is 3.03. The van der Waals surface area contributed by atoms with Crippen molar-refractivity contribution in [2.45, 2.75) is 10.4 Å². The summed E-state index contributed by atoms with van der Waals surface area (Å²) in [5.74, 6) is 0.974. The number of nitrogens with two attached hydrogens (primary N) is 1. The Morgan fingerprint density at radius 1 is 1.20 bits per heavy atom. The molecule has 0 radical (unpaired) electrons. The second-order valence-electron chi connectivity index (χ2n) is 1.86. The molecule has 0 aliphatic carbocycles. The Morgan fingerprint density at radius 3 is 1.80 bits per heavy atom. The van der Waals surface area contributed by atoms with Gasteiger partial charge in [-0.1, -0.05) is 0 Å². The fourth-order valence-electron chi connectivity index (χ4n) is 0.592. The summed E-state index contributed by atoms with van der Waals surface area (Å²) in [7, 11) is 0. The summed E-state index contributed by atoms with van der Waals surface area (Å²) >= 11 is 1.53. The molecule has 1 nitrogen and oxygen atoms in total. The van der Waals surface area contributed by atoms with E-state index in [2.05, 4.69) is 0 Å². The summed E-state index contributed by atoms with van der Waals surface area (Å²) < 4.78 is 33.9. The molecule has 0 atom stereocenters. The Labute approximate surface area is 64.9 Å². The van der Waals surface area contributed by atoms with Crippen molar-refractivity contribution in [2.24, 2.45) is 5.73 Å². The summed E-state index contributed by atoms with van der Waals surface area (Å²) in [6, 6.07) is 0. The minimum absolute atomic E-state index is 0.487. The van der Waals surface area contributed by atoms with E-state index >= 15 is 0 Å². The van der Waals surface area contributed by atoms with Crippen LogP contribution in [-0.2, 0) is 0 Å². The zero-order valence-electron chi connectivity index (χ0n) is 4.94. The highest BCUT2D eigenvalue weighted by molar-refractivity contribution is 8.21. The van der Waals surface area contributed by atoms with E-state index in [1.807, 2.05) is 0 Å². The van der Waals surface area contributed by atoms with Gasteiger partial charge in [0.15, 0.2) is 0 Å². The highest BCUT2D eigenvalue weighted by atomic mass is 32.2. The highest BCUT2D eigenvalue weighted by Gasteiger charge is 2.55. The third-order valence-electron chi connectivity index (χ3n) is 1.11. The van der Waals surface area contributed by atoms with Gasteiger partial charge in [-0.2, -0.15) is 13.2 Å². The van der Waals surface area contributed by atoms with Gasteiger partial charge in [0.2, 0.25) is 4.20 Å². The van der Waals surface area contributed by atoms with E-state index in [9.17, 15) is 13.2 Å². The second kappa shape index (κ2) is 2.49. The Morgan fingerprint density at radius 2 is 1.60 bits per heavy atom. The maximum Gasteiger partial charge on any atom is 0.425 e. The van der Waals surface area contributed by atoms with Crippen LogP contribution in [0.25, 0.3) is 0 Å². The van der Waals surface area contributed by atoms with Gasteiger partial charge in [-0.05, 0) is 0 Å². The van der Waals surface area contributed by atoms with Crippen molar-refractivity contribution >= 4 is 23.5 Å². The van der Waals surface area contributed by atoms with Crippen molar-refractivity contribution in [2.75, 3.05) is 11.5 Å². The molecule has 1 saturated heterocycles. The van der Waals surface area contributed by atoms with Gasteiger partial charge in [-0.25, -0.2) is 0 Å². The smallest absolute Gasteiger partial charge is 0.301 e. The van der Waals surface area contributed by atoms with Gasteiger partial charge < -0.3 is 5.73 Å². The van der Waals surface area contributed by atoms with E-state index in [4.69, 9.17) is 5.73 Å². The molecule has 0 amide bonds. The number of thioether (sulfide) groups is 2. The molecule has 1 aliphatic rings. The molecule has 0 aromatic rings. The molecule has 2 N–H and O–H groups in total. The first-order valence-electron chi connectivity index (χ1n) is 2.59. The number of rotatable bonds is 0. The highest BCUT2D eigenvalue weighted by Crippen LogP contribution is 2.49. The largest absolute Gasteiger partial charge is 0.425 e. The van der Waals surface area contributed by atoms with E-state index in [1.165, 1.54) is 0 Å². The monoisotopic (exact) mass is 189 g/mol. The molecule has 1 heterocycles. The van der Waals surface area contributed by atoms with Gasteiger partial charge in [0, 0.05) is 11.5 Å². The lowest BCUT2D eigenvalue weighted by atomic mass is 10.6. The van der Waals surface area contributed by atoms with Gasteiger partial charge >= 0.3 is 6.18 Å². The Balaban J connectivity index is 2.67. The predicted octanol–water partition coefficient (Wildman–Crippen LogP) is 1.64. The second-order valence-corrected chi connectivity index (χ2v) is 4.80. The average molecular weight is 189 g/mol. The van der Waals surface area contributed by atoms with E-state index in [0.717, 1.165) is 23.5 Å². The topological polar surface area (TPSA) is 26.0 Å². The van der Waals surface area contributed by atoms with Crippen LogP contribution in [0.5, 0.6) is 0 Å². The van der Waals surface area contributed by atoms with Crippen molar-refractivity contribution in [3.05, 3.63) is 0 Å². The van der Waals surface area contributed by atoms with E-state index < -0.39 is 10.4 Å². The van der Waals surface area contributed by atoms with Gasteiger partial charge in [0.05, 0.1) is 0 Å². The first-order chi connectivity index (χ1) is 4.46. The molecule has 0 saturated carbocycles. The van der Waals surface area contributed by atoms with Crippen molar-refractivity contribution in [1.29, 1.82) is 0 Å². The van der Waals surface area contributed by atoms with Crippen LogP contribution in [0.1, 0.15) is 0 Å². The van der Waals surface area contributed by atoms with Crippen LogP contribution in [0, 0.1) is 0 Å². The Hall–Kier alpha value is 0.450. The Bertz CT molecular complexity index is 129. The van der Waals surface area contributed by atoms with Crippen LogP contribution >= 0.6 is 23.5 Å². The third-order valence-corrected chi connectivity index (χ3v) is 4.21. The fraction of sp³-hybridized carbons (Fsp3) is 1.00. The van der Waals surface area contributed by atoms with Gasteiger partial charge in [-0.15, -0.1) is 23.5 Å². The first-order valence-corrected chi connectivity index (χ1v) is 4.56. The Kier molecular flexibility index (Phi) is 2.13. The van der Waals surface area contributed by atoms with Gasteiger partial charge in [0.1, 0.15) is 0 Å². The summed E-state index contributed by atoms with van der Waals surface area (Å²) in [6.07, 6.45) is -4.28. The van der Waals surface area contributed by atoms with Crippen molar-refractivity contribution in [3.8, 4) is 0 Å². The summed E-state index contributed by atoms with van der Waals surface area (Å²) in [5, 5.41) is 0. The first kappa shape index (κ1) is 8.55. The number of alkyl halides is 3. The number of hydrogen-bond acceptors (Lipinski definition) is 3. The minimum atomic E-state index is -4.28. The molecule has 0 unspecified atom stereocenters. The molecule has 60 valence electrons. The van der Waals surface area contributed by atoms with Crippen molar-refractivity contribution in [3.63, 3.8) is 0 Å². The molecule has 10 heavy (non-hydrogen) atoms. The molecule has 0 aromatic heterocycles. The molecule has 1 rings (SSSR count). The van der Waals surface area contributed by atoms with Crippen LogP contribution < -0.4 is 5.73 Å². The van der Waals surface area contributed by atoms with Crippen LogP contribution in [0.15, 0.2) is 0 Å². The standard InChI is InChI=1S/C4H6F3NS2/c5-3(6,7)4(8)9-1-2-10-4/h1-2,8H2.